The molecule has 1 unspecified atom stereocenters. The number of rotatable bonds is 1. The van der Waals surface area contributed by atoms with Crippen LogP contribution in [0.15, 0.2) is 0 Å². The van der Waals surface area contributed by atoms with Gasteiger partial charge in [0.1, 0.15) is 0 Å². The molecule has 0 rings (SSSR count). The SMILES string of the molecule is CO[P+](=O)[O-].[K+].[K+]. The molecule has 0 aliphatic carbocycles. The van der Waals surface area contributed by atoms with Gasteiger partial charge in [0, 0.05) is 0 Å². The Balaban J connectivity index is -0.0000000800. The van der Waals surface area contributed by atoms with Crippen LogP contribution in [0, 0.1) is 0 Å². The quantitative estimate of drug-likeness (QED) is 0.292. The van der Waals surface area contributed by atoms with Crippen molar-refractivity contribution in [2.45, 2.75) is 0 Å². The van der Waals surface area contributed by atoms with Crippen molar-refractivity contribution in [3.63, 3.8) is 0 Å². The van der Waals surface area contributed by atoms with E-state index in [-0.39, 0.29) is 103 Å². The molecule has 0 saturated heterocycles. The van der Waals surface area contributed by atoms with Gasteiger partial charge < -0.3 is 4.89 Å². The molecule has 0 bridgehead atoms. The van der Waals surface area contributed by atoms with Gasteiger partial charge in [0.15, 0.2) is 0 Å². The molecule has 0 radical (unpaired) electrons. The molecule has 30 valence electrons. The molecule has 0 amide bonds. The van der Waals surface area contributed by atoms with Crippen LogP contribution < -0.4 is 108 Å². The predicted octanol–water partition coefficient (Wildman–Crippen LogP) is -6.34. The van der Waals surface area contributed by atoms with Gasteiger partial charge in [-0.1, -0.05) is 0 Å². The maximum atomic E-state index is 9.18. The second-order valence-electron chi connectivity index (χ2n) is 0.406. The first-order valence-corrected chi connectivity index (χ1v) is 2.05. The number of hydrogen-bond donors (Lipinski definition) is 0. The molecule has 0 aliphatic heterocycles. The largest absolute Gasteiger partial charge is 1.00 e. The Morgan fingerprint density at radius 2 is 1.71 bits per heavy atom. The second-order valence-corrected chi connectivity index (χ2v) is 1.22. The fourth-order valence-corrected chi connectivity index (χ4v) is 0. The zero-order valence-electron chi connectivity index (χ0n) is 4.67. The molecule has 0 aromatic carbocycles. The minimum Gasteiger partial charge on any atom is -0.566 e. The van der Waals surface area contributed by atoms with Crippen LogP contribution in [0.3, 0.4) is 0 Å². The Morgan fingerprint density at radius 1 is 1.57 bits per heavy atom. The van der Waals surface area contributed by atoms with E-state index in [0.29, 0.717) is 0 Å². The van der Waals surface area contributed by atoms with Crippen molar-refractivity contribution in [2.75, 3.05) is 7.11 Å². The first-order chi connectivity index (χ1) is 2.27. The Hall–Kier alpha value is 3.29. The molecule has 0 saturated carbocycles. The molecule has 7 heavy (non-hydrogen) atoms. The van der Waals surface area contributed by atoms with E-state index in [0.717, 1.165) is 7.11 Å². The third-order valence-corrected chi connectivity index (χ3v) is 0.447. The van der Waals surface area contributed by atoms with Crippen LogP contribution in [0.5, 0.6) is 0 Å². The third-order valence-electron chi connectivity index (χ3n) is 0.149. The Morgan fingerprint density at radius 3 is 1.71 bits per heavy atom. The fourth-order valence-electron chi connectivity index (χ4n) is 0. The summed E-state index contributed by atoms with van der Waals surface area (Å²) < 4.78 is 12.9. The second kappa shape index (κ2) is 12.0. The summed E-state index contributed by atoms with van der Waals surface area (Å²) in [5.74, 6) is 0. The van der Waals surface area contributed by atoms with Crippen LogP contribution in [0.2, 0.25) is 0 Å². The Labute approximate surface area is 128 Å². The molecule has 1 atom stereocenters. The Kier molecular flexibility index (Phi) is 28.7. The van der Waals surface area contributed by atoms with Gasteiger partial charge in [-0.15, -0.1) is 0 Å². The molecule has 6 heteroatoms. The van der Waals surface area contributed by atoms with Gasteiger partial charge in [-0.3, -0.25) is 0 Å². The van der Waals surface area contributed by atoms with Crippen molar-refractivity contribution < 1.29 is 117 Å². The van der Waals surface area contributed by atoms with E-state index in [1.54, 1.807) is 0 Å². The van der Waals surface area contributed by atoms with Crippen molar-refractivity contribution in [3.05, 3.63) is 0 Å². The number of hydrogen-bond acceptors (Lipinski definition) is 3. The van der Waals surface area contributed by atoms with Gasteiger partial charge >= 0.3 is 111 Å². The first kappa shape index (κ1) is 16.7. The van der Waals surface area contributed by atoms with Crippen LogP contribution in [0.25, 0.3) is 0 Å². The van der Waals surface area contributed by atoms with E-state index in [2.05, 4.69) is 4.52 Å². The summed E-state index contributed by atoms with van der Waals surface area (Å²) in [5, 5.41) is 0. The van der Waals surface area contributed by atoms with Crippen molar-refractivity contribution in [1.82, 2.24) is 0 Å². The summed E-state index contributed by atoms with van der Waals surface area (Å²) in [6.45, 7) is 0. The molecule has 0 N–H and O–H groups in total. The van der Waals surface area contributed by atoms with Crippen molar-refractivity contribution in [3.8, 4) is 0 Å². The minimum atomic E-state index is -2.60. The zero-order valence-corrected chi connectivity index (χ0v) is 11.8. The summed E-state index contributed by atoms with van der Waals surface area (Å²) in [5.41, 5.74) is 0. The van der Waals surface area contributed by atoms with Crippen LogP contribution >= 0.6 is 8.25 Å². The standard InChI is InChI=1S/CH3O3P.2K/c1-4-5(2)3;;/h1H3;;/q;2*+1. The maximum Gasteiger partial charge on any atom is 1.00 e. The summed E-state index contributed by atoms with van der Waals surface area (Å²) in [7, 11) is -1.50. The average Bonchev–Trinajstić information content (AvgIpc) is 1.38. The van der Waals surface area contributed by atoms with Crippen molar-refractivity contribution in [1.29, 1.82) is 0 Å². The molecule has 0 aromatic heterocycles. The smallest absolute Gasteiger partial charge is 0.566 e. The van der Waals surface area contributed by atoms with Crippen LogP contribution in [-0.4, -0.2) is 7.11 Å². The van der Waals surface area contributed by atoms with Gasteiger partial charge in [0.05, 0.1) is 7.11 Å². The van der Waals surface area contributed by atoms with Crippen LogP contribution in [-0.2, 0) is 9.09 Å². The topological polar surface area (TPSA) is 49.4 Å². The van der Waals surface area contributed by atoms with Crippen molar-refractivity contribution >= 4 is 8.25 Å². The monoisotopic (exact) mass is 172 g/mol. The predicted molar refractivity (Wildman–Crippen MR) is 14.6 cm³/mol. The normalized spacial score (nSPS) is 8.00. The average molecular weight is 172 g/mol. The summed E-state index contributed by atoms with van der Waals surface area (Å²) in [6.07, 6.45) is 0. The van der Waals surface area contributed by atoms with Gasteiger partial charge in [-0.2, -0.15) is 4.52 Å². The van der Waals surface area contributed by atoms with Crippen molar-refractivity contribution in [2.24, 2.45) is 0 Å². The van der Waals surface area contributed by atoms with E-state index < -0.39 is 8.25 Å². The van der Waals surface area contributed by atoms with Crippen LogP contribution in [0.4, 0.5) is 0 Å². The molecule has 0 heterocycles. The molecular weight excluding hydrogens is 169 g/mol. The van der Waals surface area contributed by atoms with Gasteiger partial charge in [-0.25, -0.2) is 0 Å². The van der Waals surface area contributed by atoms with E-state index in [1.807, 2.05) is 0 Å². The fraction of sp³-hybridized carbons (Fsp3) is 1.00. The van der Waals surface area contributed by atoms with E-state index >= 15 is 0 Å². The molecule has 0 fully saturated rings. The molecule has 3 nitrogen and oxygen atoms in total. The van der Waals surface area contributed by atoms with Gasteiger partial charge in [0.2, 0.25) is 0 Å². The molecular formula is CH3K2O3P+2. The summed E-state index contributed by atoms with van der Waals surface area (Å²) >= 11 is 0. The minimum absolute atomic E-state index is 0. The molecule has 0 aliphatic rings. The molecule has 0 aromatic rings. The first-order valence-electron chi connectivity index (χ1n) is 0.956. The van der Waals surface area contributed by atoms with Crippen LogP contribution in [0.1, 0.15) is 0 Å². The third kappa shape index (κ3) is 17.6. The van der Waals surface area contributed by atoms with E-state index in [1.165, 1.54) is 0 Å². The summed E-state index contributed by atoms with van der Waals surface area (Å²) in [6, 6.07) is 0. The Bertz CT molecular complexity index is 48.2. The van der Waals surface area contributed by atoms with Gasteiger partial charge in [-0.05, 0) is 4.57 Å². The van der Waals surface area contributed by atoms with E-state index in [4.69, 9.17) is 0 Å². The van der Waals surface area contributed by atoms with E-state index in [9.17, 15) is 9.46 Å². The summed E-state index contributed by atoms with van der Waals surface area (Å²) in [4.78, 5) is 9.18. The molecule has 0 spiro atoms. The van der Waals surface area contributed by atoms with Gasteiger partial charge in [0.25, 0.3) is 0 Å². The zero-order chi connectivity index (χ0) is 4.28. The maximum absolute atomic E-state index is 9.18.